The van der Waals surface area contributed by atoms with Gasteiger partial charge in [0.1, 0.15) is 18.0 Å². The second-order valence-corrected chi connectivity index (χ2v) is 6.49. The van der Waals surface area contributed by atoms with Crippen LogP contribution >= 0.6 is 0 Å². The number of benzene rings is 2. The zero-order valence-corrected chi connectivity index (χ0v) is 14.1. The number of halogens is 1. The first-order valence-corrected chi connectivity index (χ1v) is 8.48. The third kappa shape index (κ3) is 4.48. The van der Waals surface area contributed by atoms with Crippen LogP contribution in [-0.2, 0) is 0 Å². The third-order valence-electron chi connectivity index (χ3n) is 4.52. The Morgan fingerprint density at radius 1 is 1.00 bits per heavy atom. The summed E-state index contributed by atoms with van der Waals surface area (Å²) in [5.41, 5.74) is -0.121. The fourth-order valence-corrected chi connectivity index (χ4v) is 2.97. The molecule has 0 saturated carbocycles. The summed E-state index contributed by atoms with van der Waals surface area (Å²) in [7, 11) is 0. The summed E-state index contributed by atoms with van der Waals surface area (Å²) in [5.74, 6) is 0.947. The van der Waals surface area contributed by atoms with Gasteiger partial charge in [-0.1, -0.05) is 30.3 Å². The van der Waals surface area contributed by atoms with Gasteiger partial charge >= 0.3 is 0 Å². The number of likely N-dealkylation sites (tertiary alicyclic amines) is 1. The summed E-state index contributed by atoms with van der Waals surface area (Å²) < 4.78 is 25.2. The van der Waals surface area contributed by atoms with Crippen LogP contribution in [0.4, 0.5) is 4.39 Å². The van der Waals surface area contributed by atoms with Gasteiger partial charge in [-0.25, -0.2) is 4.39 Å². The lowest BCUT2D eigenvalue weighted by atomic mass is 9.93. The zero-order chi connectivity index (χ0) is 16.8. The van der Waals surface area contributed by atoms with E-state index in [-0.39, 0.29) is 11.4 Å². The van der Waals surface area contributed by atoms with E-state index in [2.05, 4.69) is 11.8 Å². The summed E-state index contributed by atoms with van der Waals surface area (Å²) in [6, 6.07) is 16.5. The topological polar surface area (TPSA) is 21.7 Å². The Balaban J connectivity index is 1.43. The van der Waals surface area contributed by atoms with E-state index in [1.54, 1.807) is 18.2 Å². The van der Waals surface area contributed by atoms with Gasteiger partial charge in [0.2, 0.25) is 0 Å². The third-order valence-corrected chi connectivity index (χ3v) is 4.52. The summed E-state index contributed by atoms with van der Waals surface area (Å²) in [4.78, 5) is 2.34. The van der Waals surface area contributed by atoms with E-state index in [0.29, 0.717) is 12.4 Å². The summed E-state index contributed by atoms with van der Waals surface area (Å²) in [6.45, 7) is 5.40. The predicted molar refractivity (Wildman–Crippen MR) is 93.0 cm³/mol. The van der Waals surface area contributed by atoms with Crippen molar-refractivity contribution >= 4 is 0 Å². The molecule has 1 heterocycles. The van der Waals surface area contributed by atoms with Gasteiger partial charge in [0.05, 0.1) is 0 Å². The van der Waals surface area contributed by atoms with E-state index in [4.69, 9.17) is 9.47 Å². The van der Waals surface area contributed by atoms with Crippen LogP contribution < -0.4 is 9.47 Å². The molecule has 0 amide bonds. The first-order valence-electron chi connectivity index (χ1n) is 8.48. The zero-order valence-electron chi connectivity index (χ0n) is 14.1. The molecular weight excluding hydrogens is 305 g/mol. The van der Waals surface area contributed by atoms with Crippen molar-refractivity contribution in [1.82, 2.24) is 4.90 Å². The molecule has 128 valence electrons. The van der Waals surface area contributed by atoms with Crippen LogP contribution in [0.3, 0.4) is 0 Å². The van der Waals surface area contributed by atoms with Crippen molar-refractivity contribution in [2.45, 2.75) is 25.4 Å². The SMILES string of the molecule is CC1(Oc2ccccc2)CCN(CCOc2ccccc2F)CC1. The molecule has 0 bridgehead atoms. The number of para-hydroxylation sites is 2. The van der Waals surface area contributed by atoms with Gasteiger partial charge in [-0.15, -0.1) is 0 Å². The number of hydrogen-bond acceptors (Lipinski definition) is 3. The minimum Gasteiger partial charge on any atom is -0.489 e. The molecule has 4 heteroatoms. The Labute approximate surface area is 143 Å². The highest BCUT2D eigenvalue weighted by atomic mass is 19.1. The molecule has 0 atom stereocenters. The first-order chi connectivity index (χ1) is 11.6. The molecule has 3 nitrogen and oxygen atoms in total. The first kappa shape index (κ1) is 16.8. The summed E-state index contributed by atoms with van der Waals surface area (Å²) in [5, 5.41) is 0. The molecule has 2 aromatic rings. The molecule has 0 aromatic heterocycles. The number of ether oxygens (including phenoxy) is 2. The molecule has 1 aliphatic rings. The van der Waals surface area contributed by atoms with E-state index in [1.807, 2.05) is 30.3 Å². The summed E-state index contributed by atoms with van der Waals surface area (Å²) in [6.07, 6.45) is 1.95. The van der Waals surface area contributed by atoms with Crippen LogP contribution in [0.5, 0.6) is 11.5 Å². The van der Waals surface area contributed by atoms with Gasteiger partial charge in [0.15, 0.2) is 11.6 Å². The number of hydrogen-bond donors (Lipinski definition) is 0. The maximum absolute atomic E-state index is 13.5. The Bertz CT molecular complexity index is 639. The minimum atomic E-state index is -0.306. The highest BCUT2D eigenvalue weighted by molar-refractivity contribution is 5.23. The second kappa shape index (κ2) is 7.67. The quantitative estimate of drug-likeness (QED) is 0.795. The van der Waals surface area contributed by atoms with Gasteiger partial charge < -0.3 is 9.47 Å². The molecule has 0 unspecified atom stereocenters. The van der Waals surface area contributed by atoms with Gasteiger partial charge in [0, 0.05) is 19.6 Å². The average molecular weight is 329 g/mol. The lowest BCUT2D eigenvalue weighted by molar-refractivity contribution is 0.0134. The molecule has 0 N–H and O–H groups in total. The minimum absolute atomic E-state index is 0.121. The molecule has 1 aliphatic heterocycles. The summed E-state index contributed by atoms with van der Waals surface area (Å²) >= 11 is 0. The maximum atomic E-state index is 13.5. The highest BCUT2D eigenvalue weighted by Gasteiger charge is 2.31. The van der Waals surface area contributed by atoms with Crippen LogP contribution in [-0.4, -0.2) is 36.7 Å². The Morgan fingerprint density at radius 3 is 2.38 bits per heavy atom. The monoisotopic (exact) mass is 329 g/mol. The van der Waals surface area contributed by atoms with Crippen LogP contribution in [0.25, 0.3) is 0 Å². The Kier molecular flexibility index (Phi) is 5.36. The van der Waals surface area contributed by atoms with Crippen molar-refractivity contribution in [3.63, 3.8) is 0 Å². The Hall–Kier alpha value is -2.07. The smallest absolute Gasteiger partial charge is 0.165 e. The average Bonchev–Trinajstić information content (AvgIpc) is 2.59. The van der Waals surface area contributed by atoms with E-state index in [1.165, 1.54) is 6.07 Å². The largest absolute Gasteiger partial charge is 0.489 e. The van der Waals surface area contributed by atoms with Crippen molar-refractivity contribution in [2.75, 3.05) is 26.2 Å². The lowest BCUT2D eigenvalue weighted by Crippen LogP contribution is -2.47. The van der Waals surface area contributed by atoms with Gasteiger partial charge in [-0.2, -0.15) is 0 Å². The molecule has 0 aliphatic carbocycles. The number of nitrogens with zero attached hydrogens (tertiary/aromatic N) is 1. The van der Waals surface area contributed by atoms with Crippen LogP contribution in [0.1, 0.15) is 19.8 Å². The number of rotatable bonds is 6. The van der Waals surface area contributed by atoms with Crippen molar-refractivity contribution in [2.24, 2.45) is 0 Å². The van der Waals surface area contributed by atoms with Crippen LogP contribution in [0.15, 0.2) is 54.6 Å². The van der Waals surface area contributed by atoms with Gasteiger partial charge in [0.25, 0.3) is 0 Å². The van der Waals surface area contributed by atoms with E-state index >= 15 is 0 Å². The number of piperidine rings is 1. The Morgan fingerprint density at radius 2 is 1.67 bits per heavy atom. The van der Waals surface area contributed by atoms with E-state index < -0.39 is 0 Å². The molecule has 1 saturated heterocycles. The van der Waals surface area contributed by atoms with Crippen molar-refractivity contribution in [3.05, 3.63) is 60.4 Å². The molecule has 0 radical (unpaired) electrons. The van der Waals surface area contributed by atoms with Gasteiger partial charge in [-0.3, -0.25) is 4.90 Å². The molecular formula is C20H24FNO2. The van der Waals surface area contributed by atoms with Crippen molar-refractivity contribution in [1.29, 1.82) is 0 Å². The fourth-order valence-electron chi connectivity index (χ4n) is 2.97. The molecule has 3 rings (SSSR count). The van der Waals surface area contributed by atoms with Gasteiger partial charge in [-0.05, 0) is 44.0 Å². The second-order valence-electron chi connectivity index (χ2n) is 6.49. The maximum Gasteiger partial charge on any atom is 0.165 e. The van der Waals surface area contributed by atoms with Crippen LogP contribution in [0, 0.1) is 5.82 Å². The normalized spacial score (nSPS) is 17.4. The fraction of sp³-hybridized carbons (Fsp3) is 0.400. The van der Waals surface area contributed by atoms with Crippen molar-refractivity contribution < 1.29 is 13.9 Å². The molecule has 1 fully saturated rings. The lowest BCUT2D eigenvalue weighted by Gasteiger charge is -2.39. The van der Waals surface area contributed by atoms with Crippen molar-refractivity contribution in [3.8, 4) is 11.5 Å². The molecule has 0 spiro atoms. The van der Waals surface area contributed by atoms with E-state index in [0.717, 1.165) is 38.2 Å². The highest BCUT2D eigenvalue weighted by Crippen LogP contribution is 2.28. The van der Waals surface area contributed by atoms with E-state index in [9.17, 15) is 4.39 Å². The van der Waals surface area contributed by atoms with Crippen LogP contribution in [0.2, 0.25) is 0 Å². The molecule has 2 aromatic carbocycles. The predicted octanol–water partition coefficient (Wildman–Crippen LogP) is 4.14. The molecule has 24 heavy (non-hydrogen) atoms. The standard InChI is InChI=1S/C20H24FNO2/c1-20(24-17-7-3-2-4-8-17)11-13-22(14-12-20)15-16-23-19-10-6-5-9-18(19)21/h2-10H,11-16H2,1H3.